The van der Waals surface area contributed by atoms with E-state index in [0.29, 0.717) is 12.6 Å². The molecule has 0 bridgehead atoms. The summed E-state index contributed by atoms with van der Waals surface area (Å²) in [6, 6.07) is 4.44. The van der Waals surface area contributed by atoms with Crippen LogP contribution in [0.4, 0.5) is 18.9 Å². The van der Waals surface area contributed by atoms with Gasteiger partial charge in [-0.1, -0.05) is 0 Å². The van der Waals surface area contributed by atoms with Gasteiger partial charge in [-0.15, -0.1) is 0 Å². The number of rotatable bonds is 7. The van der Waals surface area contributed by atoms with Crippen molar-refractivity contribution in [2.75, 3.05) is 20.6 Å². The molecule has 29 heavy (non-hydrogen) atoms. The summed E-state index contributed by atoms with van der Waals surface area (Å²) in [5.74, 6) is -0.733. The number of nitrogens with one attached hydrogen (secondary N) is 1. The van der Waals surface area contributed by atoms with Crippen LogP contribution in [0.2, 0.25) is 0 Å². The number of nitro benzene ring substituents is 1. The summed E-state index contributed by atoms with van der Waals surface area (Å²) in [6.45, 7) is 0.362. The summed E-state index contributed by atoms with van der Waals surface area (Å²) >= 11 is 0. The van der Waals surface area contributed by atoms with Gasteiger partial charge in [-0.05, 0) is 31.8 Å². The number of amides is 1. The Kier molecular flexibility index (Phi) is 6.69. The maximum absolute atomic E-state index is 12.9. The number of likely N-dealkylation sites (N-methyl/N-ethyl adjacent to an activating group) is 1. The molecular weight excluding hydrogens is 395 g/mol. The molecule has 0 aliphatic carbocycles. The smallest absolute Gasteiger partial charge is 0.347 e. The van der Waals surface area contributed by atoms with Crippen molar-refractivity contribution in [2.45, 2.75) is 19.3 Å². The predicted molar refractivity (Wildman–Crippen MR) is 96.3 cm³/mol. The van der Waals surface area contributed by atoms with Crippen molar-refractivity contribution < 1.29 is 22.9 Å². The lowest BCUT2D eigenvalue weighted by molar-refractivity contribution is -0.385. The molecule has 1 aromatic carbocycles. The molecule has 12 heteroatoms. The first-order valence-corrected chi connectivity index (χ1v) is 8.34. The van der Waals surface area contributed by atoms with Crippen LogP contribution in [0, 0.1) is 10.1 Å². The zero-order chi connectivity index (χ0) is 21.8. The Morgan fingerprint density at radius 1 is 1.28 bits per heavy atom. The van der Waals surface area contributed by atoms with Crippen LogP contribution < -0.4 is 10.9 Å². The number of carbonyl (C=O) groups is 1. The first-order chi connectivity index (χ1) is 13.5. The van der Waals surface area contributed by atoms with E-state index in [4.69, 9.17) is 0 Å². The van der Waals surface area contributed by atoms with Gasteiger partial charge in [0.25, 0.3) is 17.2 Å². The quantitative estimate of drug-likeness (QED) is 0.546. The van der Waals surface area contributed by atoms with Crippen LogP contribution in [0.3, 0.4) is 0 Å². The van der Waals surface area contributed by atoms with Crippen LogP contribution in [0.5, 0.6) is 0 Å². The monoisotopic (exact) mass is 413 g/mol. The molecule has 0 unspecified atom stereocenters. The van der Waals surface area contributed by atoms with Gasteiger partial charge in [0.1, 0.15) is 5.69 Å². The van der Waals surface area contributed by atoms with Gasteiger partial charge in [0, 0.05) is 31.3 Å². The molecule has 0 aliphatic heterocycles. The molecule has 9 nitrogen and oxygen atoms in total. The van der Waals surface area contributed by atoms with Gasteiger partial charge in [-0.2, -0.15) is 18.3 Å². The van der Waals surface area contributed by atoms with Crippen LogP contribution in [0.15, 0.2) is 35.1 Å². The standard InChI is InChI=1S/C17H18F3N5O4/c1-23(2)5-6-24-15(26)4-3-14(22-24)16(27)21-10-11-7-12(17(18,19)20)9-13(8-11)25(28)29/h3-4,7-9H,5-6,10H2,1-2H3,(H,21,27). The third-order valence-electron chi connectivity index (χ3n) is 3.83. The molecule has 0 radical (unpaired) electrons. The molecule has 0 fully saturated rings. The normalized spacial score (nSPS) is 11.5. The van der Waals surface area contributed by atoms with E-state index < -0.39 is 33.8 Å². The highest BCUT2D eigenvalue weighted by Gasteiger charge is 2.32. The average molecular weight is 413 g/mol. The van der Waals surface area contributed by atoms with Crippen molar-refractivity contribution in [1.82, 2.24) is 20.0 Å². The zero-order valence-corrected chi connectivity index (χ0v) is 15.6. The second kappa shape index (κ2) is 8.82. The molecule has 1 N–H and O–H groups in total. The minimum Gasteiger partial charge on any atom is -0.347 e. The molecule has 156 valence electrons. The van der Waals surface area contributed by atoms with E-state index in [2.05, 4.69) is 10.4 Å². The van der Waals surface area contributed by atoms with E-state index in [1.165, 1.54) is 6.07 Å². The number of benzene rings is 1. The molecule has 0 saturated carbocycles. The minimum atomic E-state index is -4.77. The van der Waals surface area contributed by atoms with Crippen molar-refractivity contribution in [3.63, 3.8) is 0 Å². The van der Waals surface area contributed by atoms with E-state index in [1.54, 1.807) is 14.1 Å². The fourth-order valence-corrected chi connectivity index (χ4v) is 2.34. The number of nitro groups is 1. The minimum absolute atomic E-state index is 0.0965. The number of hydrogen-bond acceptors (Lipinski definition) is 6. The summed E-state index contributed by atoms with van der Waals surface area (Å²) in [6.07, 6.45) is -4.77. The highest BCUT2D eigenvalue weighted by Crippen LogP contribution is 2.32. The fourth-order valence-electron chi connectivity index (χ4n) is 2.34. The summed E-state index contributed by atoms with van der Waals surface area (Å²) in [5.41, 5.74) is -2.53. The summed E-state index contributed by atoms with van der Waals surface area (Å²) in [4.78, 5) is 35.8. The molecule has 2 rings (SSSR count). The largest absolute Gasteiger partial charge is 0.416 e. The molecule has 0 aliphatic rings. The molecule has 2 aromatic rings. The number of nitrogens with zero attached hydrogens (tertiary/aromatic N) is 4. The lowest BCUT2D eigenvalue weighted by Gasteiger charge is -2.12. The number of halogens is 3. The third-order valence-corrected chi connectivity index (χ3v) is 3.83. The third kappa shape index (κ3) is 6.10. The average Bonchev–Trinajstić information content (AvgIpc) is 2.64. The lowest BCUT2D eigenvalue weighted by atomic mass is 10.1. The summed E-state index contributed by atoms with van der Waals surface area (Å²) in [5, 5.41) is 17.2. The maximum atomic E-state index is 12.9. The molecule has 1 heterocycles. The summed E-state index contributed by atoms with van der Waals surface area (Å²) in [7, 11) is 3.60. The maximum Gasteiger partial charge on any atom is 0.416 e. The molecule has 0 atom stereocenters. The highest BCUT2D eigenvalue weighted by atomic mass is 19.4. The van der Waals surface area contributed by atoms with Gasteiger partial charge in [-0.25, -0.2) is 4.68 Å². The van der Waals surface area contributed by atoms with Gasteiger partial charge in [0.15, 0.2) is 0 Å². The Morgan fingerprint density at radius 3 is 2.55 bits per heavy atom. The van der Waals surface area contributed by atoms with Crippen molar-refractivity contribution >= 4 is 11.6 Å². The molecule has 1 amide bonds. The zero-order valence-electron chi connectivity index (χ0n) is 15.6. The number of aromatic nitrogens is 2. The van der Waals surface area contributed by atoms with Gasteiger partial charge >= 0.3 is 6.18 Å². The van der Waals surface area contributed by atoms with Gasteiger partial charge in [0.2, 0.25) is 0 Å². The fraction of sp³-hybridized carbons (Fsp3) is 0.353. The Bertz CT molecular complexity index is 972. The van der Waals surface area contributed by atoms with Crippen LogP contribution in [-0.2, 0) is 19.3 Å². The van der Waals surface area contributed by atoms with E-state index in [9.17, 15) is 32.9 Å². The molecular formula is C17H18F3N5O4. The van der Waals surface area contributed by atoms with Gasteiger partial charge in [0.05, 0.1) is 17.0 Å². The predicted octanol–water partition coefficient (Wildman–Crippen LogP) is 1.66. The molecule has 1 aromatic heterocycles. The number of alkyl halides is 3. The van der Waals surface area contributed by atoms with E-state index in [0.717, 1.165) is 22.9 Å². The van der Waals surface area contributed by atoms with Crippen molar-refractivity contribution in [1.29, 1.82) is 0 Å². The van der Waals surface area contributed by atoms with Gasteiger partial charge < -0.3 is 10.2 Å². The highest BCUT2D eigenvalue weighted by molar-refractivity contribution is 5.91. The van der Waals surface area contributed by atoms with E-state index >= 15 is 0 Å². The number of non-ortho nitro benzene ring substituents is 1. The summed E-state index contributed by atoms with van der Waals surface area (Å²) < 4.78 is 39.9. The van der Waals surface area contributed by atoms with Crippen molar-refractivity contribution in [3.8, 4) is 0 Å². The van der Waals surface area contributed by atoms with Crippen LogP contribution in [-0.4, -0.2) is 46.2 Å². The van der Waals surface area contributed by atoms with Crippen molar-refractivity contribution in [2.24, 2.45) is 0 Å². The van der Waals surface area contributed by atoms with E-state index in [-0.39, 0.29) is 24.3 Å². The number of carbonyl (C=O) groups excluding carboxylic acids is 1. The Balaban J connectivity index is 2.18. The molecule has 0 saturated heterocycles. The Hall–Kier alpha value is -3.28. The lowest BCUT2D eigenvalue weighted by Crippen LogP contribution is -2.32. The Morgan fingerprint density at radius 2 is 1.97 bits per heavy atom. The first kappa shape index (κ1) is 22.0. The van der Waals surface area contributed by atoms with Crippen LogP contribution in [0.1, 0.15) is 21.6 Å². The van der Waals surface area contributed by atoms with Gasteiger partial charge in [-0.3, -0.25) is 19.7 Å². The second-order valence-corrected chi connectivity index (χ2v) is 6.41. The molecule has 0 spiro atoms. The second-order valence-electron chi connectivity index (χ2n) is 6.41. The van der Waals surface area contributed by atoms with Crippen molar-refractivity contribution in [3.05, 3.63) is 67.6 Å². The number of hydrogen-bond donors (Lipinski definition) is 1. The Labute approximate surface area is 162 Å². The first-order valence-electron chi connectivity index (χ1n) is 8.34. The van der Waals surface area contributed by atoms with Crippen LogP contribution >= 0.6 is 0 Å². The van der Waals surface area contributed by atoms with E-state index in [1.807, 2.05) is 4.90 Å². The topological polar surface area (TPSA) is 110 Å². The SMILES string of the molecule is CN(C)CCn1nc(C(=O)NCc2cc([N+](=O)[O-])cc(C(F)(F)F)c2)ccc1=O. The van der Waals surface area contributed by atoms with Crippen LogP contribution in [0.25, 0.3) is 0 Å².